The minimum Gasteiger partial charge on any atom is -0.475 e. The molecule has 0 amide bonds. The molecular weight excluding hydrogens is 270 g/mol. The minimum absolute atomic E-state index is 0.284. The Labute approximate surface area is 126 Å². The van der Waals surface area contributed by atoms with Gasteiger partial charge in [0.25, 0.3) is 0 Å². The molecule has 21 heavy (non-hydrogen) atoms. The quantitative estimate of drug-likeness (QED) is 0.597. The first-order valence-corrected chi connectivity index (χ1v) is 7.11. The first-order chi connectivity index (χ1) is 9.76. The van der Waals surface area contributed by atoms with E-state index in [9.17, 15) is 9.90 Å². The number of benzene rings is 1. The number of esters is 1. The van der Waals surface area contributed by atoms with Gasteiger partial charge in [-0.3, -0.25) is 10.1 Å². The van der Waals surface area contributed by atoms with Crippen molar-refractivity contribution in [1.82, 2.24) is 5.32 Å². The summed E-state index contributed by atoms with van der Waals surface area (Å²) in [6.07, 6.45) is 0.384. The highest BCUT2D eigenvalue weighted by molar-refractivity contribution is 5.77. The molecular formula is C16H25NO4. The van der Waals surface area contributed by atoms with Crippen molar-refractivity contribution in [1.29, 1.82) is 0 Å². The first-order valence-electron chi connectivity index (χ1n) is 7.11. The molecule has 0 aromatic heterocycles. The van der Waals surface area contributed by atoms with E-state index in [-0.39, 0.29) is 18.1 Å². The normalized spacial score (nSPS) is 14.4. The number of aliphatic hydroxyl groups is 1. The van der Waals surface area contributed by atoms with Crippen molar-refractivity contribution in [2.75, 3.05) is 7.11 Å². The monoisotopic (exact) mass is 295 g/mol. The molecule has 0 saturated carbocycles. The van der Waals surface area contributed by atoms with Crippen LogP contribution in [0.15, 0.2) is 24.3 Å². The predicted molar refractivity (Wildman–Crippen MR) is 81.0 cm³/mol. The van der Waals surface area contributed by atoms with Gasteiger partial charge in [0.15, 0.2) is 6.23 Å². The van der Waals surface area contributed by atoms with Crippen molar-refractivity contribution in [3.8, 4) is 5.75 Å². The van der Waals surface area contributed by atoms with E-state index in [1.165, 1.54) is 7.11 Å². The fraction of sp³-hybridized carbons (Fsp3) is 0.562. The average molecular weight is 295 g/mol. The molecule has 1 aromatic carbocycles. The van der Waals surface area contributed by atoms with Gasteiger partial charge in [0.05, 0.1) is 13.0 Å². The Kier molecular flexibility index (Phi) is 6.18. The van der Waals surface area contributed by atoms with Gasteiger partial charge < -0.3 is 14.6 Å². The van der Waals surface area contributed by atoms with Gasteiger partial charge in [0.2, 0.25) is 0 Å². The Morgan fingerprint density at radius 1 is 1.43 bits per heavy atom. The van der Waals surface area contributed by atoms with Crippen LogP contribution >= 0.6 is 0 Å². The fourth-order valence-electron chi connectivity index (χ4n) is 1.94. The third-order valence-electron chi connectivity index (χ3n) is 3.08. The van der Waals surface area contributed by atoms with Crippen LogP contribution in [0.2, 0.25) is 0 Å². The molecule has 118 valence electrons. The molecule has 0 unspecified atom stereocenters. The Balaban J connectivity index is 2.82. The van der Waals surface area contributed by atoms with Gasteiger partial charge in [0, 0.05) is 0 Å². The SMILES string of the molecule is CC[C@@H](NC(C)(C)O)Oc1cccc([C@H](C)C(=O)OC)c1. The van der Waals surface area contributed by atoms with E-state index in [0.29, 0.717) is 12.2 Å². The minimum atomic E-state index is -1.02. The Morgan fingerprint density at radius 2 is 2.10 bits per heavy atom. The highest BCUT2D eigenvalue weighted by atomic mass is 16.5. The van der Waals surface area contributed by atoms with E-state index >= 15 is 0 Å². The van der Waals surface area contributed by atoms with Gasteiger partial charge in [-0.05, 0) is 44.9 Å². The molecule has 0 bridgehead atoms. The maximum absolute atomic E-state index is 11.6. The summed E-state index contributed by atoms with van der Waals surface area (Å²) in [5.41, 5.74) is -0.185. The fourth-order valence-corrected chi connectivity index (χ4v) is 1.94. The summed E-state index contributed by atoms with van der Waals surface area (Å²) >= 11 is 0. The number of methoxy groups -OCH3 is 1. The van der Waals surface area contributed by atoms with Crippen LogP contribution in [0.4, 0.5) is 0 Å². The van der Waals surface area contributed by atoms with E-state index in [2.05, 4.69) is 5.32 Å². The number of nitrogens with one attached hydrogen (secondary N) is 1. The molecule has 0 radical (unpaired) electrons. The molecule has 0 heterocycles. The van der Waals surface area contributed by atoms with Crippen LogP contribution < -0.4 is 10.1 Å². The lowest BCUT2D eigenvalue weighted by Crippen LogP contribution is -2.48. The topological polar surface area (TPSA) is 67.8 Å². The van der Waals surface area contributed by atoms with Gasteiger partial charge in [-0.25, -0.2) is 0 Å². The second kappa shape index (κ2) is 7.43. The standard InChI is InChI=1S/C16H25NO4/c1-6-14(17-16(3,4)19)21-13-9-7-8-12(10-13)11(2)15(18)20-5/h7-11,14,17,19H,6H2,1-5H3/t11-,14-/m0/s1. The lowest BCUT2D eigenvalue weighted by Gasteiger charge is -2.27. The largest absolute Gasteiger partial charge is 0.475 e. The molecule has 5 heteroatoms. The van der Waals surface area contributed by atoms with Crippen LogP contribution in [-0.4, -0.2) is 30.1 Å². The Bertz CT molecular complexity index is 468. The number of carbonyl (C=O) groups is 1. The highest BCUT2D eigenvalue weighted by Crippen LogP contribution is 2.22. The number of ether oxygens (including phenoxy) is 2. The molecule has 0 fully saturated rings. The molecule has 0 aliphatic heterocycles. The van der Waals surface area contributed by atoms with Gasteiger partial charge in [-0.15, -0.1) is 0 Å². The molecule has 0 aliphatic carbocycles. The second-order valence-electron chi connectivity index (χ2n) is 5.54. The summed E-state index contributed by atoms with van der Waals surface area (Å²) in [4.78, 5) is 11.6. The summed E-state index contributed by atoms with van der Waals surface area (Å²) in [7, 11) is 1.37. The summed E-state index contributed by atoms with van der Waals surface area (Å²) in [5.74, 6) is 0.0153. The molecule has 5 nitrogen and oxygen atoms in total. The van der Waals surface area contributed by atoms with Gasteiger partial charge in [-0.2, -0.15) is 0 Å². The third kappa shape index (κ3) is 5.73. The zero-order valence-electron chi connectivity index (χ0n) is 13.3. The molecule has 0 spiro atoms. The summed E-state index contributed by atoms with van der Waals surface area (Å²) in [6, 6.07) is 7.33. The van der Waals surface area contributed by atoms with E-state index in [0.717, 1.165) is 5.56 Å². The summed E-state index contributed by atoms with van der Waals surface area (Å²) in [5, 5.41) is 12.8. The summed E-state index contributed by atoms with van der Waals surface area (Å²) in [6.45, 7) is 7.07. The number of rotatable bonds is 7. The van der Waals surface area contributed by atoms with Crippen LogP contribution in [-0.2, 0) is 9.53 Å². The molecule has 1 aromatic rings. The van der Waals surface area contributed by atoms with Crippen LogP contribution in [0.3, 0.4) is 0 Å². The smallest absolute Gasteiger partial charge is 0.312 e. The van der Waals surface area contributed by atoms with E-state index < -0.39 is 5.72 Å². The Hall–Kier alpha value is -1.59. The molecule has 1 rings (SSSR count). The van der Waals surface area contributed by atoms with E-state index in [4.69, 9.17) is 9.47 Å². The van der Waals surface area contributed by atoms with Gasteiger partial charge in [0.1, 0.15) is 11.5 Å². The third-order valence-corrected chi connectivity index (χ3v) is 3.08. The first kappa shape index (κ1) is 17.5. The van der Waals surface area contributed by atoms with Crippen LogP contribution in [0.5, 0.6) is 5.75 Å². The number of carbonyl (C=O) groups excluding carboxylic acids is 1. The molecule has 2 atom stereocenters. The zero-order chi connectivity index (χ0) is 16.0. The average Bonchev–Trinajstić information content (AvgIpc) is 2.43. The van der Waals surface area contributed by atoms with Crippen molar-refractivity contribution < 1.29 is 19.4 Å². The zero-order valence-corrected chi connectivity index (χ0v) is 13.3. The number of hydrogen-bond donors (Lipinski definition) is 2. The maximum atomic E-state index is 11.6. The second-order valence-corrected chi connectivity index (χ2v) is 5.54. The lowest BCUT2D eigenvalue weighted by atomic mass is 10.0. The predicted octanol–water partition coefficient (Wildman–Crippen LogP) is 2.40. The van der Waals surface area contributed by atoms with E-state index in [1.54, 1.807) is 20.8 Å². The number of hydrogen-bond acceptors (Lipinski definition) is 5. The Morgan fingerprint density at radius 3 is 2.62 bits per heavy atom. The van der Waals surface area contributed by atoms with Crippen LogP contribution in [0.25, 0.3) is 0 Å². The lowest BCUT2D eigenvalue weighted by molar-refractivity contribution is -0.141. The highest BCUT2D eigenvalue weighted by Gasteiger charge is 2.20. The molecule has 0 aliphatic rings. The van der Waals surface area contributed by atoms with Crippen molar-refractivity contribution in [3.05, 3.63) is 29.8 Å². The van der Waals surface area contributed by atoms with Gasteiger partial charge in [-0.1, -0.05) is 19.1 Å². The van der Waals surface area contributed by atoms with Crippen molar-refractivity contribution in [2.24, 2.45) is 0 Å². The van der Waals surface area contributed by atoms with Crippen molar-refractivity contribution in [3.63, 3.8) is 0 Å². The summed E-state index contributed by atoms with van der Waals surface area (Å²) < 4.78 is 10.6. The van der Waals surface area contributed by atoms with Crippen molar-refractivity contribution >= 4 is 5.97 Å². The maximum Gasteiger partial charge on any atom is 0.312 e. The van der Waals surface area contributed by atoms with Crippen molar-refractivity contribution in [2.45, 2.75) is 52.0 Å². The van der Waals surface area contributed by atoms with Crippen LogP contribution in [0, 0.1) is 0 Å². The molecule has 0 saturated heterocycles. The van der Waals surface area contributed by atoms with E-state index in [1.807, 2.05) is 31.2 Å². The van der Waals surface area contributed by atoms with Gasteiger partial charge >= 0.3 is 5.97 Å². The van der Waals surface area contributed by atoms with Crippen LogP contribution in [0.1, 0.15) is 45.6 Å². The molecule has 2 N–H and O–H groups in total.